The average molecular weight is 266 g/mol. The van der Waals surface area contributed by atoms with Crippen molar-refractivity contribution in [1.29, 1.82) is 0 Å². The largest absolute Gasteiger partial charge is 0.460 e. The molecule has 2 heterocycles. The molecule has 100 valence electrons. The summed E-state index contributed by atoms with van der Waals surface area (Å²) in [5.41, 5.74) is 2.87. The number of esters is 1. The highest BCUT2D eigenvalue weighted by molar-refractivity contribution is 5.87. The molecule has 4 nitrogen and oxygen atoms in total. The number of nitrogens with zero attached hydrogens (tertiary/aromatic N) is 1. The normalized spacial score (nSPS) is 10.6. The molecule has 0 spiro atoms. The third-order valence-electron chi connectivity index (χ3n) is 3.13. The van der Waals surface area contributed by atoms with Crippen LogP contribution in [0, 0.1) is 0 Å². The van der Waals surface area contributed by atoms with Gasteiger partial charge in [0.25, 0.3) is 0 Å². The van der Waals surface area contributed by atoms with Gasteiger partial charge in [0.1, 0.15) is 6.61 Å². The van der Waals surface area contributed by atoms with Crippen LogP contribution in [0.2, 0.25) is 0 Å². The molecule has 1 N–H and O–H groups in total. The van der Waals surface area contributed by atoms with Gasteiger partial charge >= 0.3 is 5.97 Å². The molecule has 3 aromatic rings. The third-order valence-corrected chi connectivity index (χ3v) is 3.13. The van der Waals surface area contributed by atoms with E-state index in [-0.39, 0.29) is 19.0 Å². The molecule has 0 aliphatic heterocycles. The second-order valence-electron chi connectivity index (χ2n) is 4.56. The number of para-hydroxylation sites is 1. The smallest absolute Gasteiger partial charge is 0.310 e. The molecule has 0 fully saturated rings. The number of carbonyl (C=O) groups excluding carboxylic acids is 1. The van der Waals surface area contributed by atoms with E-state index in [1.165, 1.54) is 0 Å². The standard InChI is InChI=1S/C16H14N2O2/c19-16(20-11-12-4-3-7-17-9-12)8-13-10-18-15-6-2-1-5-14(13)15/h1-7,9-10,18H,8,11H2. The first kappa shape index (κ1) is 12.4. The molecular formula is C16H14N2O2. The van der Waals surface area contributed by atoms with E-state index in [4.69, 9.17) is 4.74 Å². The van der Waals surface area contributed by atoms with Crippen LogP contribution in [0.1, 0.15) is 11.1 Å². The SMILES string of the molecule is O=C(Cc1c[nH]c2ccccc12)OCc1cccnc1. The van der Waals surface area contributed by atoms with Crippen molar-refractivity contribution >= 4 is 16.9 Å². The molecule has 0 atom stereocenters. The van der Waals surface area contributed by atoms with Gasteiger partial charge in [-0.2, -0.15) is 0 Å². The van der Waals surface area contributed by atoms with Crippen LogP contribution in [0.3, 0.4) is 0 Å². The second kappa shape index (κ2) is 5.57. The van der Waals surface area contributed by atoms with Crippen molar-refractivity contribution in [3.63, 3.8) is 0 Å². The number of nitrogens with one attached hydrogen (secondary N) is 1. The summed E-state index contributed by atoms with van der Waals surface area (Å²) in [6.07, 6.45) is 5.51. The van der Waals surface area contributed by atoms with Gasteiger partial charge in [-0.05, 0) is 17.7 Å². The first-order valence-corrected chi connectivity index (χ1v) is 6.42. The summed E-state index contributed by atoms with van der Waals surface area (Å²) in [7, 11) is 0. The summed E-state index contributed by atoms with van der Waals surface area (Å²) in [5, 5.41) is 1.06. The number of ether oxygens (including phenoxy) is 1. The van der Waals surface area contributed by atoms with Crippen LogP contribution in [0.25, 0.3) is 10.9 Å². The van der Waals surface area contributed by atoms with Gasteiger partial charge in [0.2, 0.25) is 0 Å². The Morgan fingerprint density at radius 3 is 2.95 bits per heavy atom. The molecule has 20 heavy (non-hydrogen) atoms. The first-order valence-electron chi connectivity index (χ1n) is 6.42. The zero-order chi connectivity index (χ0) is 13.8. The summed E-state index contributed by atoms with van der Waals surface area (Å²) >= 11 is 0. The summed E-state index contributed by atoms with van der Waals surface area (Å²) < 4.78 is 5.26. The van der Waals surface area contributed by atoms with Gasteiger partial charge in [-0.25, -0.2) is 0 Å². The average Bonchev–Trinajstić information content (AvgIpc) is 2.90. The maximum Gasteiger partial charge on any atom is 0.310 e. The van der Waals surface area contributed by atoms with Gasteiger partial charge in [-0.1, -0.05) is 24.3 Å². The Hall–Kier alpha value is -2.62. The second-order valence-corrected chi connectivity index (χ2v) is 4.56. The highest BCUT2D eigenvalue weighted by atomic mass is 16.5. The summed E-state index contributed by atoms with van der Waals surface area (Å²) in [4.78, 5) is 19.0. The van der Waals surface area contributed by atoms with E-state index < -0.39 is 0 Å². The van der Waals surface area contributed by atoms with Crippen molar-refractivity contribution in [2.75, 3.05) is 0 Å². The van der Waals surface area contributed by atoms with E-state index in [2.05, 4.69) is 9.97 Å². The molecular weight excluding hydrogens is 252 g/mol. The van der Waals surface area contributed by atoms with Gasteiger partial charge in [-0.3, -0.25) is 9.78 Å². The number of carbonyl (C=O) groups is 1. The highest BCUT2D eigenvalue weighted by Gasteiger charge is 2.09. The number of benzene rings is 1. The van der Waals surface area contributed by atoms with E-state index >= 15 is 0 Å². The first-order chi connectivity index (χ1) is 9.83. The molecule has 4 heteroatoms. The van der Waals surface area contributed by atoms with Crippen LogP contribution in [0.15, 0.2) is 55.0 Å². The highest BCUT2D eigenvalue weighted by Crippen LogP contribution is 2.18. The van der Waals surface area contributed by atoms with Crippen LogP contribution in [-0.2, 0) is 22.6 Å². The predicted molar refractivity (Wildman–Crippen MR) is 76.0 cm³/mol. The molecule has 0 unspecified atom stereocenters. The Morgan fingerprint density at radius 2 is 2.10 bits per heavy atom. The van der Waals surface area contributed by atoms with E-state index in [1.807, 2.05) is 42.6 Å². The lowest BCUT2D eigenvalue weighted by Gasteiger charge is -2.04. The van der Waals surface area contributed by atoms with Gasteiger partial charge in [0.15, 0.2) is 0 Å². The van der Waals surface area contributed by atoms with Crippen LogP contribution in [0.4, 0.5) is 0 Å². The molecule has 3 rings (SSSR count). The lowest BCUT2D eigenvalue weighted by Crippen LogP contribution is -2.07. The zero-order valence-corrected chi connectivity index (χ0v) is 10.9. The minimum Gasteiger partial charge on any atom is -0.460 e. The maximum atomic E-state index is 11.9. The van der Waals surface area contributed by atoms with Gasteiger partial charge in [0.05, 0.1) is 6.42 Å². The Bertz CT molecular complexity index is 719. The molecule has 0 bridgehead atoms. The third kappa shape index (κ3) is 2.69. The van der Waals surface area contributed by atoms with Crippen molar-refractivity contribution in [2.24, 2.45) is 0 Å². The molecule has 1 aromatic carbocycles. The van der Waals surface area contributed by atoms with Crippen molar-refractivity contribution in [3.8, 4) is 0 Å². The van der Waals surface area contributed by atoms with E-state index in [0.29, 0.717) is 0 Å². The molecule has 0 aliphatic carbocycles. The van der Waals surface area contributed by atoms with E-state index in [9.17, 15) is 4.79 Å². The molecule has 0 saturated carbocycles. The molecule has 0 aliphatic rings. The predicted octanol–water partition coefficient (Wildman–Crippen LogP) is 2.85. The number of rotatable bonds is 4. The monoisotopic (exact) mass is 266 g/mol. The van der Waals surface area contributed by atoms with Crippen molar-refractivity contribution < 1.29 is 9.53 Å². The zero-order valence-electron chi connectivity index (χ0n) is 10.9. The number of hydrogen-bond acceptors (Lipinski definition) is 3. The van der Waals surface area contributed by atoms with Crippen LogP contribution < -0.4 is 0 Å². The summed E-state index contributed by atoms with van der Waals surface area (Å²) in [6, 6.07) is 11.6. The van der Waals surface area contributed by atoms with Crippen LogP contribution >= 0.6 is 0 Å². The number of fused-ring (bicyclic) bond motifs is 1. The molecule has 2 aromatic heterocycles. The Balaban J connectivity index is 1.64. The fourth-order valence-corrected chi connectivity index (χ4v) is 2.13. The lowest BCUT2D eigenvalue weighted by molar-refractivity contribution is -0.144. The van der Waals surface area contributed by atoms with E-state index in [0.717, 1.165) is 22.0 Å². The van der Waals surface area contributed by atoms with Crippen molar-refractivity contribution in [3.05, 3.63) is 66.1 Å². The minimum atomic E-state index is -0.237. The minimum absolute atomic E-state index is 0.237. The van der Waals surface area contributed by atoms with Crippen molar-refractivity contribution in [1.82, 2.24) is 9.97 Å². The number of H-pyrrole nitrogens is 1. The van der Waals surface area contributed by atoms with E-state index in [1.54, 1.807) is 12.4 Å². The van der Waals surface area contributed by atoms with Gasteiger partial charge < -0.3 is 9.72 Å². The Morgan fingerprint density at radius 1 is 1.20 bits per heavy atom. The molecule has 0 amide bonds. The Labute approximate surface area is 116 Å². The number of hydrogen-bond donors (Lipinski definition) is 1. The molecule has 0 radical (unpaired) electrons. The summed E-state index contributed by atoms with van der Waals surface area (Å²) in [5.74, 6) is -0.237. The summed E-state index contributed by atoms with van der Waals surface area (Å²) in [6.45, 7) is 0.259. The fraction of sp³-hybridized carbons (Fsp3) is 0.125. The van der Waals surface area contributed by atoms with Crippen molar-refractivity contribution in [2.45, 2.75) is 13.0 Å². The Kier molecular flexibility index (Phi) is 3.46. The quantitative estimate of drug-likeness (QED) is 0.739. The molecule has 0 saturated heterocycles. The van der Waals surface area contributed by atoms with Crippen LogP contribution in [0.5, 0.6) is 0 Å². The van der Waals surface area contributed by atoms with Gasteiger partial charge in [0, 0.05) is 35.1 Å². The van der Waals surface area contributed by atoms with Crippen LogP contribution in [-0.4, -0.2) is 15.9 Å². The lowest BCUT2D eigenvalue weighted by atomic mass is 10.1. The number of pyridine rings is 1. The maximum absolute atomic E-state index is 11.9. The number of aromatic nitrogens is 2. The van der Waals surface area contributed by atoms with Gasteiger partial charge in [-0.15, -0.1) is 0 Å². The topological polar surface area (TPSA) is 55.0 Å². The number of aromatic amines is 1. The fourth-order valence-electron chi connectivity index (χ4n) is 2.13.